The van der Waals surface area contributed by atoms with Gasteiger partial charge in [0.2, 0.25) is 0 Å². The van der Waals surface area contributed by atoms with Crippen LogP contribution in [0.25, 0.3) is 11.3 Å². The van der Waals surface area contributed by atoms with Gasteiger partial charge < -0.3 is 10.5 Å². The van der Waals surface area contributed by atoms with Crippen molar-refractivity contribution in [2.75, 3.05) is 5.73 Å². The zero-order chi connectivity index (χ0) is 12.0. The van der Waals surface area contributed by atoms with E-state index in [4.69, 9.17) is 22.1 Å². The van der Waals surface area contributed by atoms with Crippen LogP contribution in [0.5, 0.6) is 5.75 Å². The quantitative estimate of drug-likeness (QED) is 0.817. The maximum atomic E-state index is 6.21. The molecule has 2 aromatic rings. The van der Waals surface area contributed by atoms with Crippen LogP contribution in [0.15, 0.2) is 18.2 Å². The van der Waals surface area contributed by atoms with Crippen molar-refractivity contribution >= 4 is 17.4 Å². The second-order valence-electron chi connectivity index (χ2n) is 4.29. The van der Waals surface area contributed by atoms with Crippen LogP contribution in [0.3, 0.4) is 0 Å². The summed E-state index contributed by atoms with van der Waals surface area (Å²) in [5.41, 5.74) is 8.57. The van der Waals surface area contributed by atoms with Gasteiger partial charge in [-0.25, -0.2) is 0 Å². The van der Waals surface area contributed by atoms with Crippen molar-refractivity contribution in [2.45, 2.75) is 19.4 Å². The molecule has 0 spiro atoms. The first kappa shape index (κ1) is 10.5. The van der Waals surface area contributed by atoms with Gasteiger partial charge in [-0.3, -0.25) is 5.10 Å². The standard InChI is InChI=1S/C12H12ClN3O/c1-6-2-8-3-7(4-9(13)12(8)17-6)10-5-11(14)16-15-10/h3-6H,2H2,1H3,(H3,14,15,16). The molecule has 4 nitrogen and oxygen atoms in total. The molecule has 1 unspecified atom stereocenters. The average molecular weight is 250 g/mol. The third-order valence-electron chi connectivity index (χ3n) is 2.86. The number of aromatic nitrogens is 2. The van der Waals surface area contributed by atoms with E-state index in [-0.39, 0.29) is 6.10 Å². The lowest BCUT2D eigenvalue weighted by molar-refractivity contribution is 0.255. The summed E-state index contributed by atoms with van der Waals surface area (Å²) < 4.78 is 5.65. The summed E-state index contributed by atoms with van der Waals surface area (Å²) in [6, 6.07) is 5.72. The maximum absolute atomic E-state index is 6.21. The van der Waals surface area contributed by atoms with Crippen molar-refractivity contribution in [1.29, 1.82) is 0 Å². The smallest absolute Gasteiger partial charge is 0.145 e. The summed E-state index contributed by atoms with van der Waals surface area (Å²) in [6.45, 7) is 2.03. The van der Waals surface area contributed by atoms with Gasteiger partial charge in [0.1, 0.15) is 17.7 Å². The minimum Gasteiger partial charge on any atom is -0.489 e. The number of nitrogen functional groups attached to an aromatic ring is 1. The molecule has 0 radical (unpaired) electrons. The highest BCUT2D eigenvalue weighted by atomic mass is 35.5. The molecule has 88 valence electrons. The molecule has 1 aromatic heterocycles. The molecule has 0 saturated carbocycles. The van der Waals surface area contributed by atoms with Gasteiger partial charge >= 0.3 is 0 Å². The Balaban J connectivity index is 2.09. The van der Waals surface area contributed by atoms with Crippen LogP contribution in [0.1, 0.15) is 12.5 Å². The number of hydrogen-bond acceptors (Lipinski definition) is 3. The van der Waals surface area contributed by atoms with E-state index in [0.717, 1.165) is 29.0 Å². The summed E-state index contributed by atoms with van der Waals surface area (Å²) in [5, 5.41) is 7.42. The lowest BCUT2D eigenvalue weighted by atomic mass is 10.0. The Labute approximate surface area is 104 Å². The molecule has 0 fully saturated rings. The first-order chi connectivity index (χ1) is 8.13. The third-order valence-corrected chi connectivity index (χ3v) is 3.14. The maximum Gasteiger partial charge on any atom is 0.145 e. The van der Waals surface area contributed by atoms with Gasteiger partial charge in [-0.1, -0.05) is 11.6 Å². The number of hydrogen-bond donors (Lipinski definition) is 2. The van der Waals surface area contributed by atoms with Crippen LogP contribution < -0.4 is 10.5 Å². The van der Waals surface area contributed by atoms with Crippen molar-refractivity contribution in [2.24, 2.45) is 0 Å². The van der Waals surface area contributed by atoms with E-state index in [0.29, 0.717) is 10.8 Å². The number of nitrogens with two attached hydrogens (primary N) is 1. The summed E-state index contributed by atoms with van der Waals surface area (Å²) in [5.74, 6) is 1.27. The van der Waals surface area contributed by atoms with Crippen LogP contribution in [-0.2, 0) is 6.42 Å². The Morgan fingerprint density at radius 2 is 2.29 bits per heavy atom. The lowest BCUT2D eigenvalue weighted by Gasteiger charge is -2.06. The number of benzene rings is 1. The number of rotatable bonds is 1. The van der Waals surface area contributed by atoms with E-state index in [1.54, 1.807) is 6.07 Å². The first-order valence-electron chi connectivity index (χ1n) is 5.44. The molecule has 1 aromatic carbocycles. The van der Waals surface area contributed by atoms with Crippen molar-refractivity contribution in [3.63, 3.8) is 0 Å². The second-order valence-corrected chi connectivity index (χ2v) is 4.69. The highest BCUT2D eigenvalue weighted by Crippen LogP contribution is 2.39. The number of aromatic amines is 1. The zero-order valence-electron chi connectivity index (χ0n) is 9.33. The van der Waals surface area contributed by atoms with E-state index >= 15 is 0 Å². The fourth-order valence-corrected chi connectivity index (χ4v) is 2.41. The molecule has 3 N–H and O–H groups in total. The topological polar surface area (TPSA) is 63.9 Å². The van der Waals surface area contributed by atoms with Crippen LogP contribution >= 0.6 is 11.6 Å². The molecule has 1 atom stereocenters. The van der Waals surface area contributed by atoms with E-state index in [1.807, 2.05) is 13.0 Å². The number of H-pyrrole nitrogens is 1. The van der Waals surface area contributed by atoms with Gasteiger partial charge in [-0.15, -0.1) is 0 Å². The van der Waals surface area contributed by atoms with Gasteiger partial charge in [-0.2, -0.15) is 5.10 Å². The predicted molar refractivity (Wildman–Crippen MR) is 67.2 cm³/mol. The number of nitrogens with one attached hydrogen (secondary N) is 1. The molecule has 0 bridgehead atoms. The predicted octanol–water partition coefficient (Wildman–Crippen LogP) is 2.64. The SMILES string of the molecule is CC1Cc2cc(-c3cc(N)n[nH]3)cc(Cl)c2O1. The fourth-order valence-electron chi connectivity index (χ4n) is 2.13. The molecule has 1 aliphatic rings. The number of halogens is 1. The fraction of sp³-hybridized carbons (Fsp3) is 0.250. The summed E-state index contributed by atoms with van der Waals surface area (Å²) in [7, 11) is 0. The van der Waals surface area contributed by atoms with Crippen molar-refractivity contribution in [3.05, 3.63) is 28.8 Å². The number of fused-ring (bicyclic) bond motifs is 1. The Kier molecular flexibility index (Phi) is 2.26. The Morgan fingerprint density at radius 3 is 3.00 bits per heavy atom. The minimum absolute atomic E-state index is 0.185. The largest absolute Gasteiger partial charge is 0.489 e. The molecule has 2 heterocycles. The van der Waals surface area contributed by atoms with Gasteiger partial charge in [0, 0.05) is 23.6 Å². The van der Waals surface area contributed by atoms with Gasteiger partial charge in [0.15, 0.2) is 0 Å². The summed E-state index contributed by atoms with van der Waals surface area (Å²) in [4.78, 5) is 0. The Bertz CT molecular complexity index is 579. The molecule has 1 aliphatic heterocycles. The molecule has 17 heavy (non-hydrogen) atoms. The Hall–Kier alpha value is -1.68. The first-order valence-corrected chi connectivity index (χ1v) is 5.81. The van der Waals surface area contributed by atoms with Crippen LogP contribution in [0, 0.1) is 0 Å². The number of anilines is 1. The van der Waals surface area contributed by atoms with Crippen molar-refractivity contribution in [3.8, 4) is 17.0 Å². The molecule has 0 aliphatic carbocycles. The highest BCUT2D eigenvalue weighted by Gasteiger charge is 2.23. The zero-order valence-corrected chi connectivity index (χ0v) is 10.1. The monoisotopic (exact) mass is 249 g/mol. The summed E-state index contributed by atoms with van der Waals surface area (Å²) in [6.07, 6.45) is 1.07. The summed E-state index contributed by atoms with van der Waals surface area (Å²) >= 11 is 6.21. The molecule has 3 rings (SSSR count). The third kappa shape index (κ3) is 1.74. The van der Waals surface area contributed by atoms with Crippen molar-refractivity contribution in [1.82, 2.24) is 10.2 Å². The molecular weight excluding hydrogens is 238 g/mol. The number of nitrogens with zero attached hydrogens (tertiary/aromatic N) is 1. The van der Waals surface area contributed by atoms with Gasteiger partial charge in [-0.05, 0) is 19.1 Å². The number of ether oxygens (including phenoxy) is 1. The van der Waals surface area contributed by atoms with E-state index < -0.39 is 0 Å². The molecular formula is C12H12ClN3O. The second kappa shape index (κ2) is 3.67. The van der Waals surface area contributed by atoms with Crippen LogP contribution in [-0.4, -0.2) is 16.3 Å². The average Bonchev–Trinajstić information content (AvgIpc) is 2.83. The normalized spacial score (nSPS) is 17.9. The Morgan fingerprint density at radius 1 is 1.47 bits per heavy atom. The molecule has 5 heteroatoms. The van der Waals surface area contributed by atoms with Gasteiger partial charge in [0.25, 0.3) is 0 Å². The molecule has 0 amide bonds. The molecule has 0 saturated heterocycles. The van der Waals surface area contributed by atoms with Gasteiger partial charge in [0.05, 0.1) is 10.7 Å². The van der Waals surface area contributed by atoms with E-state index in [2.05, 4.69) is 16.3 Å². The van der Waals surface area contributed by atoms with Crippen molar-refractivity contribution < 1.29 is 4.74 Å². The minimum atomic E-state index is 0.185. The van der Waals surface area contributed by atoms with E-state index in [9.17, 15) is 0 Å². The van der Waals surface area contributed by atoms with E-state index in [1.165, 1.54) is 0 Å². The van der Waals surface area contributed by atoms with Crippen LogP contribution in [0.2, 0.25) is 5.02 Å². The highest BCUT2D eigenvalue weighted by molar-refractivity contribution is 6.32. The lowest BCUT2D eigenvalue weighted by Crippen LogP contribution is -2.05. The van der Waals surface area contributed by atoms with Crippen LogP contribution in [0.4, 0.5) is 5.82 Å².